The van der Waals surface area contributed by atoms with Crippen molar-refractivity contribution in [3.05, 3.63) is 46.5 Å². The second-order valence-electron chi connectivity index (χ2n) is 6.13. The highest BCUT2D eigenvalue weighted by atomic mass is 35.5. The van der Waals surface area contributed by atoms with Gasteiger partial charge in [0.05, 0.1) is 32.1 Å². The Balaban J connectivity index is 2.10. The molecule has 0 aliphatic rings. The number of amides is 1. The Bertz CT molecular complexity index is 963. The third-order valence-electron chi connectivity index (χ3n) is 3.86. The number of hydrogen-bond donors (Lipinski definition) is 2. The van der Waals surface area contributed by atoms with Crippen LogP contribution in [0.3, 0.4) is 0 Å². The predicted octanol–water partition coefficient (Wildman–Crippen LogP) is 3.37. The Labute approximate surface area is 184 Å². The minimum atomic E-state index is -1.15. The monoisotopic (exact) mass is 450 g/mol. The molecule has 31 heavy (non-hydrogen) atoms. The van der Waals surface area contributed by atoms with E-state index in [9.17, 15) is 9.59 Å². The topological polar surface area (TPSA) is 116 Å². The molecule has 0 saturated heterocycles. The third-order valence-corrected chi connectivity index (χ3v) is 4.14. The zero-order valence-electron chi connectivity index (χ0n) is 17.3. The van der Waals surface area contributed by atoms with E-state index < -0.39 is 18.5 Å². The molecule has 0 atom stereocenters. The molecule has 0 saturated carbocycles. The number of carboxylic acid groups (broad SMARTS) is 1. The summed E-state index contributed by atoms with van der Waals surface area (Å²) >= 11 is 6.15. The van der Waals surface area contributed by atoms with E-state index in [-0.39, 0.29) is 16.5 Å². The molecule has 2 aromatic rings. The maximum absolute atomic E-state index is 12.4. The minimum absolute atomic E-state index is 0.102. The lowest BCUT2D eigenvalue weighted by Gasteiger charge is -2.12. The second kappa shape index (κ2) is 11.7. The summed E-state index contributed by atoms with van der Waals surface area (Å²) in [5.41, 5.74) is 3.26. The number of nitrogens with one attached hydrogen (secondary N) is 1. The molecular formula is C21H23ClN2O7. The Hall–Kier alpha value is -3.46. The van der Waals surface area contributed by atoms with Crippen molar-refractivity contribution in [2.24, 2.45) is 5.10 Å². The van der Waals surface area contributed by atoms with Crippen LogP contribution >= 0.6 is 11.6 Å². The lowest BCUT2D eigenvalue weighted by Crippen LogP contribution is -2.17. The minimum Gasteiger partial charge on any atom is -0.493 e. The second-order valence-corrected chi connectivity index (χ2v) is 6.54. The molecule has 166 valence electrons. The molecular weight excluding hydrogens is 428 g/mol. The lowest BCUT2D eigenvalue weighted by atomic mass is 10.2. The van der Waals surface area contributed by atoms with Gasteiger partial charge < -0.3 is 24.1 Å². The number of carbonyl (C=O) groups is 2. The number of methoxy groups -OCH3 is 2. The van der Waals surface area contributed by atoms with Crippen molar-refractivity contribution >= 4 is 29.7 Å². The summed E-state index contributed by atoms with van der Waals surface area (Å²) in [6, 6.07) is 7.87. The first kappa shape index (κ1) is 23.8. The van der Waals surface area contributed by atoms with Gasteiger partial charge in [-0.1, -0.05) is 18.5 Å². The van der Waals surface area contributed by atoms with Crippen molar-refractivity contribution in [3.63, 3.8) is 0 Å². The maximum atomic E-state index is 12.4. The van der Waals surface area contributed by atoms with Gasteiger partial charge in [0.25, 0.3) is 5.91 Å². The quantitative estimate of drug-likeness (QED) is 0.398. The van der Waals surface area contributed by atoms with Crippen LogP contribution in [-0.2, 0) is 4.79 Å². The summed E-state index contributed by atoms with van der Waals surface area (Å²) in [6.45, 7) is 1.97. The maximum Gasteiger partial charge on any atom is 0.341 e. The van der Waals surface area contributed by atoms with Crippen LogP contribution in [0.25, 0.3) is 0 Å². The van der Waals surface area contributed by atoms with Gasteiger partial charge >= 0.3 is 5.97 Å². The van der Waals surface area contributed by atoms with Gasteiger partial charge in [-0.05, 0) is 42.3 Å². The molecule has 0 fully saturated rings. The van der Waals surface area contributed by atoms with Crippen LogP contribution in [0.2, 0.25) is 5.02 Å². The molecule has 0 unspecified atom stereocenters. The number of nitrogens with zero attached hydrogens (tertiary/aromatic N) is 1. The zero-order valence-corrected chi connectivity index (χ0v) is 18.1. The van der Waals surface area contributed by atoms with Gasteiger partial charge in [-0.15, -0.1) is 0 Å². The van der Waals surface area contributed by atoms with Crippen molar-refractivity contribution in [2.45, 2.75) is 13.3 Å². The number of ether oxygens (including phenoxy) is 4. The normalized spacial score (nSPS) is 10.6. The fourth-order valence-electron chi connectivity index (χ4n) is 2.46. The summed E-state index contributed by atoms with van der Waals surface area (Å²) < 4.78 is 21.2. The number of carboxylic acids is 1. The summed E-state index contributed by atoms with van der Waals surface area (Å²) in [7, 11) is 2.89. The fourth-order valence-corrected chi connectivity index (χ4v) is 2.73. The van der Waals surface area contributed by atoms with Gasteiger partial charge in [0.2, 0.25) is 0 Å². The predicted molar refractivity (Wildman–Crippen MR) is 115 cm³/mol. The van der Waals surface area contributed by atoms with Crippen LogP contribution in [-0.4, -0.2) is 50.6 Å². The number of benzene rings is 2. The Morgan fingerprint density at radius 1 is 1.10 bits per heavy atom. The average molecular weight is 451 g/mol. The molecule has 0 spiro atoms. The molecule has 2 rings (SSSR count). The number of rotatable bonds is 11. The highest BCUT2D eigenvalue weighted by Crippen LogP contribution is 2.36. The van der Waals surface area contributed by atoms with E-state index in [1.807, 2.05) is 6.92 Å². The molecule has 0 bridgehead atoms. The van der Waals surface area contributed by atoms with Gasteiger partial charge in [0.15, 0.2) is 29.6 Å². The van der Waals surface area contributed by atoms with Gasteiger partial charge in [-0.3, -0.25) is 4.79 Å². The number of carbonyl (C=O) groups excluding carboxylic acids is 1. The summed E-state index contributed by atoms with van der Waals surface area (Å²) in [6.07, 6.45) is 2.21. The average Bonchev–Trinajstić information content (AvgIpc) is 2.76. The standard InChI is InChI=1S/C21H23ClN2O7/c1-4-7-30-16-6-5-14(10-17(16)28-2)21(27)24-23-11-13-8-15(22)20(18(9-13)29-3)31-12-19(25)26/h5-6,8-11H,4,7,12H2,1-3H3,(H,24,27)(H,25,26)/b23-11+. The summed E-state index contributed by atoms with van der Waals surface area (Å²) in [5.74, 6) is -0.266. The van der Waals surface area contributed by atoms with Crippen molar-refractivity contribution in [2.75, 3.05) is 27.4 Å². The van der Waals surface area contributed by atoms with Crippen molar-refractivity contribution in [3.8, 4) is 23.0 Å². The molecule has 0 radical (unpaired) electrons. The van der Waals surface area contributed by atoms with Crippen LogP contribution in [0.15, 0.2) is 35.4 Å². The SMILES string of the molecule is CCCOc1ccc(C(=O)N/N=C/c2cc(Cl)c(OCC(=O)O)c(OC)c2)cc1OC. The van der Waals surface area contributed by atoms with Crippen LogP contribution in [0.4, 0.5) is 0 Å². The van der Waals surface area contributed by atoms with Gasteiger partial charge in [-0.25, -0.2) is 10.2 Å². The van der Waals surface area contributed by atoms with E-state index in [4.69, 9.17) is 35.7 Å². The van der Waals surface area contributed by atoms with Crippen LogP contribution in [0, 0.1) is 0 Å². The van der Waals surface area contributed by atoms with Gasteiger partial charge in [0.1, 0.15) is 0 Å². The summed E-state index contributed by atoms with van der Waals surface area (Å²) in [4.78, 5) is 23.1. The van der Waals surface area contributed by atoms with Crippen LogP contribution in [0.5, 0.6) is 23.0 Å². The first-order chi connectivity index (χ1) is 14.9. The Morgan fingerprint density at radius 2 is 1.84 bits per heavy atom. The molecule has 9 nitrogen and oxygen atoms in total. The first-order valence-electron chi connectivity index (χ1n) is 9.26. The summed E-state index contributed by atoms with van der Waals surface area (Å²) in [5, 5.41) is 12.8. The number of hydrazone groups is 1. The number of aliphatic carboxylic acids is 1. The highest BCUT2D eigenvalue weighted by molar-refractivity contribution is 6.32. The van der Waals surface area contributed by atoms with Crippen molar-refractivity contribution in [1.82, 2.24) is 5.43 Å². The van der Waals surface area contributed by atoms with Crippen LogP contribution < -0.4 is 24.4 Å². The van der Waals surface area contributed by atoms with Gasteiger partial charge in [0, 0.05) is 5.56 Å². The third kappa shape index (κ3) is 6.78. The van der Waals surface area contributed by atoms with E-state index in [1.165, 1.54) is 26.5 Å². The smallest absolute Gasteiger partial charge is 0.341 e. The lowest BCUT2D eigenvalue weighted by molar-refractivity contribution is -0.139. The molecule has 0 aliphatic heterocycles. The molecule has 10 heteroatoms. The zero-order chi connectivity index (χ0) is 22.8. The van der Waals surface area contributed by atoms with Crippen molar-refractivity contribution < 1.29 is 33.6 Å². The molecule has 2 aromatic carbocycles. The molecule has 0 aromatic heterocycles. The first-order valence-corrected chi connectivity index (χ1v) is 9.63. The fraction of sp³-hybridized carbons (Fsp3) is 0.286. The van der Waals surface area contributed by atoms with E-state index >= 15 is 0 Å². The Morgan fingerprint density at radius 3 is 2.48 bits per heavy atom. The van der Waals surface area contributed by atoms with Crippen LogP contribution in [0.1, 0.15) is 29.3 Å². The van der Waals surface area contributed by atoms with E-state index in [2.05, 4.69) is 10.5 Å². The molecule has 0 heterocycles. The molecule has 0 aliphatic carbocycles. The largest absolute Gasteiger partial charge is 0.493 e. The van der Waals surface area contributed by atoms with E-state index in [1.54, 1.807) is 24.3 Å². The number of halogens is 1. The van der Waals surface area contributed by atoms with Crippen molar-refractivity contribution in [1.29, 1.82) is 0 Å². The van der Waals surface area contributed by atoms with E-state index in [0.29, 0.717) is 29.2 Å². The number of hydrogen-bond acceptors (Lipinski definition) is 7. The molecule has 1 amide bonds. The van der Waals surface area contributed by atoms with Gasteiger partial charge in [-0.2, -0.15) is 5.10 Å². The molecule has 2 N–H and O–H groups in total. The Kier molecular flexibility index (Phi) is 8.95. The van der Waals surface area contributed by atoms with E-state index in [0.717, 1.165) is 6.42 Å². The highest BCUT2D eigenvalue weighted by Gasteiger charge is 2.14.